The molecule has 0 spiro atoms. The van der Waals surface area contributed by atoms with Crippen molar-refractivity contribution in [1.29, 1.82) is 0 Å². The monoisotopic (exact) mass is 388 g/mol. The number of esters is 2. The maximum absolute atomic E-state index is 12.6. The molecule has 0 amide bonds. The molecule has 0 aliphatic carbocycles. The molecule has 28 heavy (non-hydrogen) atoms. The third-order valence-corrected chi connectivity index (χ3v) is 4.44. The van der Waals surface area contributed by atoms with Crippen LogP contribution in [0.2, 0.25) is 0 Å². The molecule has 0 bridgehead atoms. The third kappa shape index (κ3) is 3.28. The van der Waals surface area contributed by atoms with E-state index in [4.69, 9.17) is 28.1 Å². The van der Waals surface area contributed by atoms with Crippen molar-refractivity contribution in [3.05, 3.63) is 53.5 Å². The van der Waals surface area contributed by atoms with Crippen LogP contribution < -0.4 is 9.47 Å². The van der Waals surface area contributed by atoms with Crippen LogP contribution in [-0.4, -0.2) is 40.4 Å². The first-order valence-electron chi connectivity index (χ1n) is 8.38. The predicted molar refractivity (Wildman–Crippen MR) is 96.5 cm³/mol. The molecule has 1 aliphatic heterocycles. The van der Waals surface area contributed by atoms with Crippen molar-refractivity contribution in [3.63, 3.8) is 0 Å². The van der Waals surface area contributed by atoms with E-state index < -0.39 is 24.0 Å². The fourth-order valence-corrected chi connectivity index (χ4v) is 3.14. The standard InChI is InChI=1S/C20H20O8/c1-23-12-8-7-11(10-14(12)24-2)17-15(19(21)25-3)16(20(22)26-4)18(28-17)13-6-5-9-27-13/h5-10,15,17H,1-4H3/t15-,17+/m1/s1. The molecule has 2 aromatic rings. The highest BCUT2D eigenvalue weighted by molar-refractivity contribution is 6.03. The van der Waals surface area contributed by atoms with Crippen molar-refractivity contribution in [2.24, 2.45) is 5.92 Å². The van der Waals surface area contributed by atoms with Gasteiger partial charge in [0, 0.05) is 0 Å². The third-order valence-electron chi connectivity index (χ3n) is 4.44. The number of hydrogen-bond acceptors (Lipinski definition) is 8. The second kappa shape index (κ2) is 8.08. The van der Waals surface area contributed by atoms with E-state index in [1.165, 1.54) is 34.7 Å². The molecule has 0 fully saturated rings. The second-order valence-corrected chi connectivity index (χ2v) is 5.87. The fraction of sp³-hybridized carbons (Fsp3) is 0.300. The fourth-order valence-electron chi connectivity index (χ4n) is 3.14. The van der Waals surface area contributed by atoms with Crippen LogP contribution in [-0.2, 0) is 23.8 Å². The van der Waals surface area contributed by atoms with Gasteiger partial charge in [0.25, 0.3) is 0 Å². The maximum atomic E-state index is 12.6. The largest absolute Gasteiger partial charge is 0.493 e. The van der Waals surface area contributed by atoms with Crippen LogP contribution in [0.1, 0.15) is 17.4 Å². The zero-order valence-corrected chi connectivity index (χ0v) is 15.9. The van der Waals surface area contributed by atoms with Gasteiger partial charge >= 0.3 is 11.9 Å². The zero-order chi connectivity index (χ0) is 20.3. The summed E-state index contributed by atoms with van der Waals surface area (Å²) in [6, 6.07) is 8.37. The van der Waals surface area contributed by atoms with E-state index in [2.05, 4.69) is 0 Å². The molecular formula is C20H20O8. The summed E-state index contributed by atoms with van der Waals surface area (Å²) in [6.07, 6.45) is 0.596. The van der Waals surface area contributed by atoms with E-state index in [0.29, 0.717) is 22.8 Å². The number of rotatable bonds is 6. The second-order valence-electron chi connectivity index (χ2n) is 5.87. The first-order chi connectivity index (χ1) is 13.5. The van der Waals surface area contributed by atoms with Gasteiger partial charge in [-0.05, 0) is 29.8 Å². The predicted octanol–water partition coefficient (Wildman–Crippen LogP) is 2.74. The molecule has 8 heteroatoms. The summed E-state index contributed by atoms with van der Waals surface area (Å²) in [5, 5.41) is 0. The minimum absolute atomic E-state index is 0.0316. The first kappa shape index (κ1) is 19.3. The summed E-state index contributed by atoms with van der Waals surface area (Å²) in [5.74, 6) is -0.976. The lowest BCUT2D eigenvalue weighted by Gasteiger charge is -2.20. The molecule has 148 valence electrons. The van der Waals surface area contributed by atoms with Crippen molar-refractivity contribution >= 4 is 17.7 Å². The van der Waals surface area contributed by atoms with Crippen LogP contribution >= 0.6 is 0 Å². The van der Waals surface area contributed by atoms with Gasteiger partial charge < -0.3 is 28.1 Å². The number of furan rings is 1. The van der Waals surface area contributed by atoms with E-state index in [-0.39, 0.29) is 11.3 Å². The Hall–Kier alpha value is -3.42. The normalized spacial score (nSPS) is 18.4. The molecular weight excluding hydrogens is 368 g/mol. The van der Waals surface area contributed by atoms with Gasteiger partial charge in [-0.1, -0.05) is 6.07 Å². The number of methoxy groups -OCH3 is 4. The summed E-state index contributed by atoms with van der Waals surface area (Å²) in [6.45, 7) is 0. The van der Waals surface area contributed by atoms with E-state index in [1.54, 1.807) is 30.3 Å². The molecule has 3 rings (SSSR count). The summed E-state index contributed by atoms with van der Waals surface area (Å²) in [5.41, 5.74) is 0.625. The highest BCUT2D eigenvalue weighted by Crippen LogP contribution is 2.47. The van der Waals surface area contributed by atoms with Crippen molar-refractivity contribution in [1.82, 2.24) is 0 Å². The number of hydrogen-bond donors (Lipinski definition) is 0. The molecule has 1 aromatic carbocycles. The van der Waals surface area contributed by atoms with E-state index in [1.807, 2.05) is 0 Å². The topological polar surface area (TPSA) is 93.4 Å². The Bertz CT molecular complexity index is 897. The van der Waals surface area contributed by atoms with Gasteiger partial charge in [-0.15, -0.1) is 0 Å². The van der Waals surface area contributed by atoms with Gasteiger partial charge in [-0.25, -0.2) is 4.79 Å². The van der Waals surface area contributed by atoms with Crippen molar-refractivity contribution in [2.75, 3.05) is 28.4 Å². The van der Waals surface area contributed by atoms with Gasteiger partial charge in [0.1, 0.15) is 17.6 Å². The van der Waals surface area contributed by atoms with Crippen LogP contribution in [0.5, 0.6) is 11.5 Å². The van der Waals surface area contributed by atoms with Gasteiger partial charge in [0.05, 0.1) is 34.7 Å². The molecule has 0 saturated carbocycles. The van der Waals surface area contributed by atoms with Crippen LogP contribution in [0, 0.1) is 5.92 Å². The SMILES string of the molecule is COC(=O)C1=C(c2ccco2)O[C@@H](c2ccc(OC)c(OC)c2)[C@@H]1C(=O)OC. The lowest BCUT2D eigenvalue weighted by atomic mass is 9.90. The quantitative estimate of drug-likeness (QED) is 0.698. The van der Waals surface area contributed by atoms with Crippen LogP contribution in [0.4, 0.5) is 0 Å². The Balaban J connectivity index is 2.13. The Morgan fingerprint density at radius 2 is 1.71 bits per heavy atom. The molecule has 2 atom stereocenters. The van der Waals surface area contributed by atoms with Crippen LogP contribution in [0.3, 0.4) is 0 Å². The highest BCUT2D eigenvalue weighted by Gasteiger charge is 2.48. The Labute approximate surface area is 161 Å². The first-order valence-corrected chi connectivity index (χ1v) is 8.38. The molecule has 1 aromatic heterocycles. The minimum atomic E-state index is -1.05. The molecule has 0 unspecified atom stereocenters. The van der Waals surface area contributed by atoms with Gasteiger partial charge in [-0.3, -0.25) is 4.79 Å². The number of carbonyl (C=O) groups excluding carboxylic acids is 2. The molecule has 2 heterocycles. The average Bonchev–Trinajstić information content (AvgIpc) is 3.39. The summed E-state index contributed by atoms with van der Waals surface area (Å²) in [7, 11) is 5.50. The van der Waals surface area contributed by atoms with E-state index in [0.717, 1.165) is 0 Å². The smallest absolute Gasteiger partial charge is 0.338 e. The molecule has 1 aliphatic rings. The highest BCUT2D eigenvalue weighted by atomic mass is 16.5. The lowest BCUT2D eigenvalue weighted by molar-refractivity contribution is -0.149. The van der Waals surface area contributed by atoms with Crippen LogP contribution in [0.15, 0.2) is 46.6 Å². The van der Waals surface area contributed by atoms with E-state index >= 15 is 0 Å². The number of carbonyl (C=O) groups is 2. The lowest BCUT2D eigenvalue weighted by Crippen LogP contribution is -2.26. The van der Waals surface area contributed by atoms with Gasteiger partial charge in [0.2, 0.25) is 0 Å². The Morgan fingerprint density at radius 3 is 2.29 bits per heavy atom. The van der Waals surface area contributed by atoms with Gasteiger partial charge in [-0.2, -0.15) is 0 Å². The Kier molecular flexibility index (Phi) is 5.58. The van der Waals surface area contributed by atoms with Crippen LogP contribution in [0.25, 0.3) is 5.76 Å². The molecule has 0 radical (unpaired) electrons. The summed E-state index contributed by atoms with van der Waals surface area (Å²) < 4.78 is 31.8. The van der Waals surface area contributed by atoms with Crippen molar-refractivity contribution in [2.45, 2.75) is 6.10 Å². The maximum Gasteiger partial charge on any atom is 0.338 e. The zero-order valence-electron chi connectivity index (χ0n) is 15.9. The molecule has 8 nitrogen and oxygen atoms in total. The van der Waals surface area contributed by atoms with Crippen molar-refractivity contribution < 1.29 is 37.7 Å². The molecule has 0 saturated heterocycles. The van der Waals surface area contributed by atoms with Crippen molar-refractivity contribution in [3.8, 4) is 11.5 Å². The van der Waals surface area contributed by atoms with E-state index in [9.17, 15) is 9.59 Å². The Morgan fingerprint density at radius 1 is 0.964 bits per heavy atom. The number of benzene rings is 1. The summed E-state index contributed by atoms with van der Waals surface area (Å²) in [4.78, 5) is 25.1. The average molecular weight is 388 g/mol. The summed E-state index contributed by atoms with van der Waals surface area (Å²) >= 11 is 0. The number of ether oxygens (including phenoxy) is 5. The van der Waals surface area contributed by atoms with Gasteiger partial charge in [0.15, 0.2) is 23.0 Å². The minimum Gasteiger partial charge on any atom is -0.493 e. The molecule has 0 N–H and O–H groups in total.